The number of anilines is 1. The molecule has 4 N–H and O–H groups in total. The van der Waals surface area contributed by atoms with Crippen LogP contribution in [-0.4, -0.2) is 20.9 Å². The molecule has 0 saturated heterocycles. The van der Waals surface area contributed by atoms with Crippen molar-refractivity contribution in [3.63, 3.8) is 0 Å². The van der Waals surface area contributed by atoms with Gasteiger partial charge in [0.15, 0.2) is 0 Å². The Morgan fingerprint density at radius 1 is 1.38 bits per heavy atom. The maximum atomic E-state index is 11.3. The molecule has 0 spiro atoms. The molecule has 0 atom stereocenters. The third-order valence-electron chi connectivity index (χ3n) is 3.39. The number of carbonyl (C=O) groups is 1. The molecule has 3 heterocycles. The third kappa shape index (κ3) is 2.55. The van der Waals surface area contributed by atoms with Gasteiger partial charge in [-0.3, -0.25) is 9.78 Å². The van der Waals surface area contributed by atoms with Crippen molar-refractivity contribution in [3.05, 3.63) is 53.6 Å². The Morgan fingerprint density at radius 2 is 2.24 bits per heavy atom. The minimum atomic E-state index is -0.472. The number of primary amides is 1. The van der Waals surface area contributed by atoms with Crippen molar-refractivity contribution in [1.82, 2.24) is 15.0 Å². The van der Waals surface area contributed by atoms with Gasteiger partial charge in [0.1, 0.15) is 5.65 Å². The molecule has 106 valence electrons. The number of aromatic nitrogens is 3. The zero-order valence-electron chi connectivity index (χ0n) is 11.6. The fraction of sp³-hybridized carbons (Fsp3) is 0.133. The Hall–Kier alpha value is -2.89. The maximum absolute atomic E-state index is 11.3. The highest BCUT2D eigenvalue weighted by molar-refractivity contribution is 5.94. The number of aryl methyl sites for hydroxylation is 1. The molecular formula is C15H15N5O. The molecule has 21 heavy (non-hydrogen) atoms. The predicted octanol–water partition coefficient (Wildman–Crippen LogP) is 1.98. The average molecular weight is 281 g/mol. The van der Waals surface area contributed by atoms with Crippen LogP contribution < -0.4 is 11.1 Å². The Labute approximate surface area is 121 Å². The number of H-pyrrole nitrogens is 1. The zero-order valence-corrected chi connectivity index (χ0v) is 11.6. The lowest BCUT2D eigenvalue weighted by atomic mass is 10.1. The van der Waals surface area contributed by atoms with E-state index in [1.165, 1.54) is 0 Å². The lowest BCUT2D eigenvalue weighted by molar-refractivity contribution is 0.0999. The van der Waals surface area contributed by atoms with Crippen LogP contribution in [0.5, 0.6) is 0 Å². The Morgan fingerprint density at radius 3 is 3.05 bits per heavy atom. The first-order chi connectivity index (χ1) is 10.1. The van der Waals surface area contributed by atoms with E-state index in [0.717, 1.165) is 22.3 Å². The molecule has 0 unspecified atom stereocenters. The number of pyridine rings is 2. The Balaban J connectivity index is 1.83. The quantitative estimate of drug-likeness (QED) is 0.681. The lowest BCUT2D eigenvalue weighted by Gasteiger charge is -2.09. The van der Waals surface area contributed by atoms with E-state index < -0.39 is 5.91 Å². The van der Waals surface area contributed by atoms with Gasteiger partial charge in [-0.1, -0.05) is 0 Å². The second-order valence-electron chi connectivity index (χ2n) is 4.78. The summed E-state index contributed by atoms with van der Waals surface area (Å²) < 4.78 is 0. The van der Waals surface area contributed by atoms with E-state index in [1.807, 2.05) is 18.3 Å². The van der Waals surface area contributed by atoms with Crippen LogP contribution in [0.2, 0.25) is 0 Å². The second kappa shape index (κ2) is 5.24. The van der Waals surface area contributed by atoms with Crippen LogP contribution >= 0.6 is 0 Å². The van der Waals surface area contributed by atoms with Gasteiger partial charge in [0, 0.05) is 24.3 Å². The molecule has 0 aliphatic carbocycles. The molecular weight excluding hydrogens is 266 g/mol. The Bertz CT molecular complexity index is 809. The minimum Gasteiger partial charge on any atom is -0.380 e. The van der Waals surface area contributed by atoms with Gasteiger partial charge in [-0.25, -0.2) is 4.98 Å². The van der Waals surface area contributed by atoms with Gasteiger partial charge in [-0.2, -0.15) is 0 Å². The number of aromatic amines is 1. The molecule has 0 radical (unpaired) electrons. The number of carbonyl (C=O) groups excluding carboxylic acids is 1. The summed E-state index contributed by atoms with van der Waals surface area (Å²) in [6, 6.07) is 5.67. The number of nitrogens with one attached hydrogen (secondary N) is 2. The van der Waals surface area contributed by atoms with Crippen molar-refractivity contribution < 1.29 is 4.79 Å². The summed E-state index contributed by atoms with van der Waals surface area (Å²) in [5.74, 6) is -0.472. The molecule has 0 saturated carbocycles. The molecule has 0 fully saturated rings. The van der Waals surface area contributed by atoms with Gasteiger partial charge in [0.2, 0.25) is 0 Å². The minimum absolute atomic E-state index is 0.432. The van der Waals surface area contributed by atoms with Crippen LogP contribution in [-0.2, 0) is 6.54 Å². The van der Waals surface area contributed by atoms with E-state index in [0.29, 0.717) is 17.8 Å². The first-order valence-electron chi connectivity index (χ1n) is 6.56. The van der Waals surface area contributed by atoms with Crippen molar-refractivity contribution in [2.45, 2.75) is 13.5 Å². The maximum Gasteiger partial charge on any atom is 0.250 e. The number of rotatable bonds is 4. The second-order valence-corrected chi connectivity index (χ2v) is 4.78. The summed E-state index contributed by atoms with van der Waals surface area (Å²) >= 11 is 0. The SMILES string of the molecule is Cc1ncc(NCc2ccnc3[nH]ccc23)cc1C(N)=O. The van der Waals surface area contributed by atoms with Crippen LogP contribution in [0.3, 0.4) is 0 Å². The van der Waals surface area contributed by atoms with E-state index in [-0.39, 0.29) is 0 Å². The molecule has 3 rings (SSSR count). The summed E-state index contributed by atoms with van der Waals surface area (Å²) in [5, 5.41) is 4.32. The number of nitrogens with zero attached hydrogens (tertiary/aromatic N) is 2. The highest BCUT2D eigenvalue weighted by Gasteiger charge is 2.08. The lowest BCUT2D eigenvalue weighted by Crippen LogP contribution is -2.14. The first-order valence-corrected chi connectivity index (χ1v) is 6.56. The van der Waals surface area contributed by atoms with Gasteiger partial charge in [-0.05, 0) is 30.7 Å². The van der Waals surface area contributed by atoms with E-state index in [4.69, 9.17) is 5.73 Å². The van der Waals surface area contributed by atoms with Crippen molar-refractivity contribution in [1.29, 1.82) is 0 Å². The van der Waals surface area contributed by atoms with E-state index >= 15 is 0 Å². The van der Waals surface area contributed by atoms with Gasteiger partial charge >= 0.3 is 0 Å². The standard InChI is InChI=1S/C15H15N5O/c1-9-13(14(16)21)6-11(8-19-9)20-7-10-2-4-17-15-12(10)3-5-18-15/h2-6,8,20H,7H2,1H3,(H2,16,21)(H,17,18). The van der Waals surface area contributed by atoms with Crippen LogP contribution in [0, 0.1) is 6.92 Å². The highest BCUT2D eigenvalue weighted by atomic mass is 16.1. The molecule has 6 heteroatoms. The van der Waals surface area contributed by atoms with Crippen LogP contribution in [0.25, 0.3) is 11.0 Å². The molecule has 3 aromatic heterocycles. The summed E-state index contributed by atoms with van der Waals surface area (Å²) in [4.78, 5) is 22.8. The molecule has 0 bridgehead atoms. The summed E-state index contributed by atoms with van der Waals surface area (Å²) in [6.07, 6.45) is 5.31. The largest absolute Gasteiger partial charge is 0.380 e. The number of hydrogen-bond donors (Lipinski definition) is 3. The monoisotopic (exact) mass is 281 g/mol. The van der Waals surface area contributed by atoms with Crippen LogP contribution in [0.1, 0.15) is 21.6 Å². The molecule has 0 aliphatic rings. The van der Waals surface area contributed by atoms with Crippen LogP contribution in [0.4, 0.5) is 5.69 Å². The first kappa shape index (κ1) is 13.1. The zero-order chi connectivity index (χ0) is 14.8. The average Bonchev–Trinajstić information content (AvgIpc) is 2.95. The van der Waals surface area contributed by atoms with Gasteiger partial charge in [0.05, 0.1) is 23.1 Å². The van der Waals surface area contributed by atoms with Gasteiger partial charge < -0.3 is 16.0 Å². The number of hydrogen-bond acceptors (Lipinski definition) is 4. The smallest absolute Gasteiger partial charge is 0.250 e. The van der Waals surface area contributed by atoms with Gasteiger partial charge in [0.25, 0.3) is 5.91 Å². The fourth-order valence-electron chi connectivity index (χ4n) is 2.25. The summed E-state index contributed by atoms with van der Waals surface area (Å²) in [6.45, 7) is 2.37. The van der Waals surface area contributed by atoms with Crippen molar-refractivity contribution in [2.24, 2.45) is 5.73 Å². The molecule has 1 amide bonds. The highest BCUT2D eigenvalue weighted by Crippen LogP contribution is 2.18. The fourth-order valence-corrected chi connectivity index (χ4v) is 2.25. The summed E-state index contributed by atoms with van der Waals surface area (Å²) in [5.41, 5.74) is 9.12. The number of fused-ring (bicyclic) bond motifs is 1. The third-order valence-corrected chi connectivity index (χ3v) is 3.39. The summed E-state index contributed by atoms with van der Waals surface area (Å²) in [7, 11) is 0. The normalized spacial score (nSPS) is 10.7. The Kier molecular flexibility index (Phi) is 3.27. The van der Waals surface area contributed by atoms with Gasteiger partial charge in [-0.15, -0.1) is 0 Å². The molecule has 3 aromatic rings. The number of amides is 1. The molecule has 0 aromatic carbocycles. The van der Waals surface area contributed by atoms with Crippen molar-refractivity contribution in [3.8, 4) is 0 Å². The topological polar surface area (TPSA) is 96.7 Å². The predicted molar refractivity (Wildman–Crippen MR) is 80.9 cm³/mol. The number of nitrogens with two attached hydrogens (primary N) is 1. The van der Waals surface area contributed by atoms with E-state index in [9.17, 15) is 4.79 Å². The van der Waals surface area contributed by atoms with Crippen LogP contribution in [0.15, 0.2) is 36.8 Å². The molecule has 6 nitrogen and oxygen atoms in total. The molecule has 0 aliphatic heterocycles. The van der Waals surface area contributed by atoms with E-state index in [2.05, 4.69) is 20.3 Å². The van der Waals surface area contributed by atoms with E-state index in [1.54, 1.807) is 25.4 Å². The van der Waals surface area contributed by atoms with Crippen molar-refractivity contribution >= 4 is 22.6 Å². The van der Waals surface area contributed by atoms with Crippen molar-refractivity contribution in [2.75, 3.05) is 5.32 Å².